The molecule has 0 spiro atoms. The van der Waals surface area contributed by atoms with Gasteiger partial charge in [-0.3, -0.25) is 0 Å². The highest BCUT2D eigenvalue weighted by molar-refractivity contribution is 7.88. The Bertz CT molecular complexity index is 283. The molecule has 0 aliphatic carbocycles. The average Bonchev–Trinajstić information content (AvgIpc) is 2.04. The summed E-state index contributed by atoms with van der Waals surface area (Å²) in [5.74, 6) is 2.07. The number of benzene rings is 1. The lowest BCUT2D eigenvalue weighted by molar-refractivity contribution is 1.54. The van der Waals surface area contributed by atoms with Gasteiger partial charge in [0.05, 0.1) is 0 Å². The molecule has 10 heavy (non-hydrogen) atoms. The van der Waals surface area contributed by atoms with Crippen molar-refractivity contribution in [1.29, 1.82) is 0 Å². The molecule has 0 bridgehead atoms. The highest BCUT2D eigenvalue weighted by Gasteiger charge is 1.77. The molecule has 2 heteroatoms. The van der Waals surface area contributed by atoms with Crippen molar-refractivity contribution in [3.63, 3.8) is 0 Å². The zero-order valence-corrected chi connectivity index (χ0v) is 6.81. The van der Waals surface area contributed by atoms with Crippen molar-refractivity contribution < 1.29 is 0 Å². The van der Waals surface area contributed by atoms with Gasteiger partial charge < -0.3 is 0 Å². The van der Waals surface area contributed by atoms with Gasteiger partial charge in [0.2, 0.25) is 0 Å². The first-order valence-electron chi connectivity index (χ1n) is 3.24. The van der Waals surface area contributed by atoms with E-state index in [0.29, 0.717) is 0 Å². The molecule has 0 heterocycles. The molecule has 1 aromatic rings. The second kappa shape index (κ2) is 3.52. The lowest BCUT2D eigenvalue weighted by Crippen LogP contribution is -2.22. The summed E-state index contributed by atoms with van der Waals surface area (Å²) in [7, 11) is 2.02. The highest BCUT2D eigenvalue weighted by atomic mass is 32.1. The van der Waals surface area contributed by atoms with Crippen LogP contribution in [0.2, 0.25) is 0 Å². The number of hydrogen-bond acceptors (Lipinski definition) is 1. The van der Waals surface area contributed by atoms with E-state index in [1.165, 1.54) is 10.4 Å². The minimum Gasteiger partial charge on any atom is -0.151 e. The van der Waals surface area contributed by atoms with E-state index in [4.69, 9.17) is 0 Å². The monoisotopic (exact) mass is 148 g/mol. The molecule has 0 aromatic heterocycles. The van der Waals surface area contributed by atoms with Gasteiger partial charge in [-0.1, -0.05) is 24.3 Å². The molecule has 0 aliphatic rings. The molecule has 0 fully saturated rings. The number of thiol groups is 1. The minimum absolute atomic E-state index is 1.17. The van der Waals surface area contributed by atoms with E-state index in [9.17, 15) is 0 Å². The maximum Gasteiger partial charge on any atom is 0.130 e. The predicted octanol–water partition coefficient (Wildman–Crippen LogP) is -0.274. The van der Waals surface area contributed by atoms with E-state index in [0.717, 1.165) is 0 Å². The van der Waals surface area contributed by atoms with Crippen molar-refractivity contribution in [2.24, 2.45) is 0 Å². The first-order chi connectivity index (χ1) is 4.88. The summed E-state index contributed by atoms with van der Waals surface area (Å²) in [6.07, 6.45) is 0. The van der Waals surface area contributed by atoms with Crippen LogP contribution in [0.15, 0.2) is 24.3 Å². The Kier molecular flexibility index (Phi) is 2.63. The van der Waals surface area contributed by atoms with Crippen molar-refractivity contribution in [1.82, 2.24) is 0 Å². The molecule has 0 unspecified atom stereocenters. The molecular weight excluding hydrogens is 139 g/mol. The van der Waals surface area contributed by atoms with E-state index in [1.54, 1.807) is 0 Å². The summed E-state index contributed by atoms with van der Waals surface area (Å²) >= 11 is 4.09. The standard InChI is InChI=1S/C8H9BS/c9-5-7-3-1-2-4-8(7)6-10/h1-6,10H,9H2/b7-5-,8-6-. The Balaban J connectivity index is 3.53. The van der Waals surface area contributed by atoms with Gasteiger partial charge in [-0.05, 0) is 15.8 Å². The molecule has 0 saturated heterocycles. The van der Waals surface area contributed by atoms with E-state index in [2.05, 4.69) is 24.7 Å². The fourth-order valence-corrected chi connectivity index (χ4v) is 1.13. The molecule has 1 aromatic carbocycles. The van der Waals surface area contributed by atoms with Gasteiger partial charge >= 0.3 is 0 Å². The summed E-state index contributed by atoms with van der Waals surface area (Å²) in [4.78, 5) is 0. The second-order valence-electron chi connectivity index (χ2n) is 2.05. The summed E-state index contributed by atoms with van der Waals surface area (Å²) in [5, 5.41) is 4.22. The smallest absolute Gasteiger partial charge is 0.130 e. The Hall–Kier alpha value is -0.625. The minimum atomic E-state index is 1.17. The molecule has 0 N–H and O–H groups in total. The van der Waals surface area contributed by atoms with Crippen LogP contribution in [0.4, 0.5) is 0 Å². The highest BCUT2D eigenvalue weighted by Crippen LogP contribution is 1.73. The van der Waals surface area contributed by atoms with Gasteiger partial charge in [-0.15, -0.1) is 5.98 Å². The second-order valence-corrected chi connectivity index (χ2v) is 2.30. The van der Waals surface area contributed by atoms with E-state index < -0.39 is 0 Å². The molecule has 50 valence electrons. The van der Waals surface area contributed by atoms with Crippen LogP contribution >= 0.6 is 12.6 Å². The molecule has 0 saturated carbocycles. The molecule has 0 amide bonds. The van der Waals surface area contributed by atoms with Crippen molar-refractivity contribution in [2.45, 2.75) is 0 Å². The Morgan fingerprint density at radius 2 is 1.80 bits per heavy atom. The molecule has 0 nitrogen and oxygen atoms in total. The normalized spacial score (nSPS) is 14.1. The molecule has 0 aliphatic heterocycles. The topological polar surface area (TPSA) is 0 Å². The lowest BCUT2D eigenvalue weighted by Gasteiger charge is -1.85. The van der Waals surface area contributed by atoms with Crippen LogP contribution in [0.5, 0.6) is 0 Å². The van der Waals surface area contributed by atoms with E-state index in [-0.39, 0.29) is 0 Å². The zero-order valence-electron chi connectivity index (χ0n) is 5.91. The zero-order chi connectivity index (χ0) is 7.40. The van der Waals surface area contributed by atoms with Crippen LogP contribution in [0.3, 0.4) is 0 Å². The van der Waals surface area contributed by atoms with Crippen LogP contribution in [-0.2, 0) is 0 Å². The van der Waals surface area contributed by atoms with Crippen LogP contribution in [0, 0.1) is 0 Å². The van der Waals surface area contributed by atoms with Gasteiger partial charge in [-0.2, -0.15) is 12.6 Å². The lowest BCUT2D eigenvalue weighted by atomic mass is 10.1. The fourth-order valence-electron chi connectivity index (χ4n) is 0.891. The quantitative estimate of drug-likeness (QED) is 0.380. The largest absolute Gasteiger partial charge is 0.151 e. The predicted molar refractivity (Wildman–Crippen MR) is 52.2 cm³/mol. The van der Waals surface area contributed by atoms with Crippen LogP contribution in [0.25, 0.3) is 11.4 Å². The maximum atomic E-state index is 4.09. The van der Waals surface area contributed by atoms with Crippen molar-refractivity contribution in [3.8, 4) is 0 Å². The molecule has 0 atom stereocenters. The summed E-state index contributed by atoms with van der Waals surface area (Å²) in [6, 6.07) is 8.15. The molecule has 1 rings (SSSR count). The third kappa shape index (κ3) is 1.45. The summed E-state index contributed by atoms with van der Waals surface area (Å²) in [5.41, 5.74) is 0. The van der Waals surface area contributed by atoms with Crippen molar-refractivity contribution in [2.75, 3.05) is 0 Å². The van der Waals surface area contributed by atoms with Crippen molar-refractivity contribution in [3.05, 3.63) is 34.7 Å². The van der Waals surface area contributed by atoms with E-state index in [1.807, 2.05) is 31.5 Å². The third-order valence-electron chi connectivity index (χ3n) is 1.45. The van der Waals surface area contributed by atoms with Gasteiger partial charge in [0.1, 0.15) is 7.85 Å². The average molecular weight is 148 g/mol. The summed E-state index contributed by atoms with van der Waals surface area (Å²) in [6.45, 7) is 0. The van der Waals surface area contributed by atoms with Gasteiger partial charge in [-0.25, -0.2) is 0 Å². The first-order valence-corrected chi connectivity index (χ1v) is 3.76. The van der Waals surface area contributed by atoms with Crippen LogP contribution < -0.4 is 10.4 Å². The Labute approximate surface area is 67.1 Å². The van der Waals surface area contributed by atoms with Gasteiger partial charge in [0.15, 0.2) is 0 Å². The fraction of sp³-hybridized carbons (Fsp3) is 0. The maximum absolute atomic E-state index is 4.09. The Morgan fingerprint density at radius 3 is 2.20 bits per heavy atom. The first kappa shape index (κ1) is 7.48. The number of hydrogen-bond donors (Lipinski definition) is 1. The van der Waals surface area contributed by atoms with Crippen LogP contribution in [0.1, 0.15) is 0 Å². The SMILES string of the molecule is B/C=c1/cccc/c1=C/S. The van der Waals surface area contributed by atoms with Gasteiger partial charge in [0, 0.05) is 0 Å². The summed E-state index contributed by atoms with van der Waals surface area (Å²) < 4.78 is 0. The Morgan fingerprint density at radius 1 is 1.20 bits per heavy atom. The van der Waals surface area contributed by atoms with Gasteiger partial charge in [0.25, 0.3) is 0 Å². The number of rotatable bonds is 0. The van der Waals surface area contributed by atoms with E-state index >= 15 is 0 Å². The molecular formula is C8H9BS. The molecule has 0 radical (unpaired) electrons. The van der Waals surface area contributed by atoms with Crippen LogP contribution in [-0.4, -0.2) is 7.85 Å². The van der Waals surface area contributed by atoms with Crippen molar-refractivity contribution >= 4 is 31.9 Å². The third-order valence-corrected chi connectivity index (χ3v) is 1.72.